The molecule has 2 N–H and O–H groups in total. The van der Waals surface area contributed by atoms with Crippen molar-refractivity contribution in [3.05, 3.63) is 17.7 Å². The van der Waals surface area contributed by atoms with Crippen molar-refractivity contribution < 1.29 is 14.6 Å². The van der Waals surface area contributed by atoms with Gasteiger partial charge in [-0.2, -0.15) is 0 Å². The van der Waals surface area contributed by atoms with Crippen LogP contribution >= 0.6 is 0 Å². The van der Waals surface area contributed by atoms with Crippen molar-refractivity contribution in [1.82, 2.24) is 5.32 Å². The van der Waals surface area contributed by atoms with E-state index in [9.17, 15) is 5.11 Å². The minimum absolute atomic E-state index is 0.153. The zero-order chi connectivity index (χ0) is 12.3. The van der Waals surface area contributed by atoms with Crippen molar-refractivity contribution >= 4 is 0 Å². The van der Waals surface area contributed by atoms with Gasteiger partial charge in [0.15, 0.2) is 11.5 Å². The maximum Gasteiger partial charge on any atom is 0.203 e. The van der Waals surface area contributed by atoms with Gasteiger partial charge in [-0.3, -0.25) is 0 Å². The molecule has 0 radical (unpaired) electrons. The Kier molecular flexibility index (Phi) is 3.74. The minimum atomic E-state index is 0.153. The summed E-state index contributed by atoms with van der Waals surface area (Å²) in [6.07, 6.45) is 1.09. The van der Waals surface area contributed by atoms with Gasteiger partial charge in [-0.25, -0.2) is 0 Å². The molecule has 0 aliphatic carbocycles. The maximum atomic E-state index is 9.93. The van der Waals surface area contributed by atoms with E-state index >= 15 is 0 Å². The van der Waals surface area contributed by atoms with Crippen LogP contribution in [0.5, 0.6) is 17.2 Å². The monoisotopic (exact) mass is 237 g/mol. The van der Waals surface area contributed by atoms with Crippen LogP contribution < -0.4 is 14.8 Å². The molecule has 0 amide bonds. The molecule has 94 valence electrons. The summed E-state index contributed by atoms with van der Waals surface area (Å²) in [5, 5.41) is 13.3. The van der Waals surface area contributed by atoms with Crippen LogP contribution in [0.1, 0.15) is 24.8 Å². The third-order valence-corrected chi connectivity index (χ3v) is 3.09. The van der Waals surface area contributed by atoms with Crippen LogP contribution in [0.3, 0.4) is 0 Å². The molecule has 2 rings (SSSR count). The smallest absolute Gasteiger partial charge is 0.203 e. The number of hydrogen-bond acceptors (Lipinski definition) is 4. The first kappa shape index (κ1) is 12.0. The van der Waals surface area contributed by atoms with Crippen molar-refractivity contribution in [2.75, 3.05) is 26.8 Å². The quantitative estimate of drug-likeness (QED) is 0.839. The predicted octanol–water partition coefficient (Wildman–Crippen LogP) is 1.88. The summed E-state index contributed by atoms with van der Waals surface area (Å²) in [4.78, 5) is 0. The van der Waals surface area contributed by atoms with E-state index in [2.05, 4.69) is 5.32 Å². The highest BCUT2D eigenvalue weighted by molar-refractivity contribution is 5.53. The Hall–Kier alpha value is -1.42. The van der Waals surface area contributed by atoms with Crippen molar-refractivity contribution in [2.24, 2.45) is 0 Å². The number of aromatic hydroxyl groups is 1. The number of methoxy groups -OCH3 is 1. The summed E-state index contributed by atoms with van der Waals surface area (Å²) in [5.74, 6) is 1.64. The van der Waals surface area contributed by atoms with Gasteiger partial charge in [0, 0.05) is 6.54 Å². The van der Waals surface area contributed by atoms with Crippen molar-refractivity contribution in [2.45, 2.75) is 19.3 Å². The number of phenolic OH excluding ortho intramolecular Hbond substituents is 1. The number of ether oxygens (including phenoxy) is 2. The standard InChI is InChI=1S/C13H19NO3/c1-3-17-12-7-10(9-4-5-14-8-9)6-11(15)13(12)16-2/h6-7,9,14-15H,3-5,8H2,1-2H3. The van der Waals surface area contributed by atoms with Gasteiger partial charge >= 0.3 is 0 Å². The second kappa shape index (κ2) is 5.27. The first-order valence-corrected chi connectivity index (χ1v) is 6.00. The zero-order valence-corrected chi connectivity index (χ0v) is 10.3. The SMILES string of the molecule is CCOc1cc(C2CCNC2)cc(O)c1OC. The van der Waals surface area contributed by atoms with Gasteiger partial charge in [0.2, 0.25) is 5.75 Å². The molecule has 1 heterocycles. The maximum absolute atomic E-state index is 9.93. The topological polar surface area (TPSA) is 50.7 Å². The lowest BCUT2D eigenvalue weighted by Crippen LogP contribution is -2.08. The molecule has 0 aromatic heterocycles. The number of rotatable bonds is 4. The van der Waals surface area contributed by atoms with E-state index in [0.717, 1.165) is 25.1 Å². The van der Waals surface area contributed by atoms with Gasteiger partial charge in [-0.1, -0.05) is 0 Å². The summed E-state index contributed by atoms with van der Waals surface area (Å²) in [7, 11) is 1.54. The lowest BCUT2D eigenvalue weighted by Gasteiger charge is -2.15. The van der Waals surface area contributed by atoms with Gasteiger partial charge < -0.3 is 19.9 Å². The van der Waals surface area contributed by atoms with E-state index in [1.807, 2.05) is 13.0 Å². The normalized spacial score (nSPS) is 19.3. The van der Waals surface area contributed by atoms with E-state index in [1.54, 1.807) is 6.07 Å². The Labute approximate surface area is 102 Å². The molecular weight excluding hydrogens is 218 g/mol. The molecule has 4 heteroatoms. The minimum Gasteiger partial charge on any atom is -0.504 e. The Morgan fingerprint density at radius 2 is 2.29 bits per heavy atom. The average molecular weight is 237 g/mol. The lowest BCUT2D eigenvalue weighted by molar-refractivity contribution is 0.299. The van der Waals surface area contributed by atoms with Gasteiger partial charge in [0.1, 0.15) is 0 Å². The third-order valence-electron chi connectivity index (χ3n) is 3.09. The largest absolute Gasteiger partial charge is 0.504 e. The molecule has 1 aliphatic heterocycles. The highest BCUT2D eigenvalue weighted by atomic mass is 16.5. The highest BCUT2D eigenvalue weighted by Gasteiger charge is 2.20. The third kappa shape index (κ3) is 2.47. The summed E-state index contributed by atoms with van der Waals surface area (Å²) in [6, 6.07) is 3.75. The lowest BCUT2D eigenvalue weighted by atomic mass is 9.97. The number of phenols is 1. The molecule has 1 aromatic rings. The summed E-state index contributed by atoms with van der Waals surface area (Å²) in [5.41, 5.74) is 1.11. The second-order valence-electron chi connectivity index (χ2n) is 4.19. The van der Waals surface area contributed by atoms with Crippen LogP contribution in [0, 0.1) is 0 Å². The van der Waals surface area contributed by atoms with E-state index in [1.165, 1.54) is 7.11 Å². The van der Waals surface area contributed by atoms with Crippen LogP contribution in [0.25, 0.3) is 0 Å². The summed E-state index contributed by atoms with van der Waals surface area (Å²) < 4.78 is 10.7. The molecule has 4 nitrogen and oxygen atoms in total. The van der Waals surface area contributed by atoms with Gasteiger partial charge in [0.05, 0.1) is 13.7 Å². The molecule has 1 fully saturated rings. The number of benzene rings is 1. The van der Waals surface area contributed by atoms with Crippen molar-refractivity contribution in [1.29, 1.82) is 0 Å². The summed E-state index contributed by atoms with van der Waals surface area (Å²) >= 11 is 0. The second-order valence-corrected chi connectivity index (χ2v) is 4.19. The van der Waals surface area contributed by atoms with Gasteiger partial charge in [-0.15, -0.1) is 0 Å². The Balaban J connectivity index is 2.34. The van der Waals surface area contributed by atoms with E-state index < -0.39 is 0 Å². The molecule has 0 saturated carbocycles. The predicted molar refractivity (Wildman–Crippen MR) is 66.1 cm³/mol. The molecule has 1 aliphatic rings. The first-order chi connectivity index (χ1) is 8.26. The molecule has 17 heavy (non-hydrogen) atoms. The summed E-state index contributed by atoms with van der Waals surface area (Å²) in [6.45, 7) is 4.46. The molecule has 0 bridgehead atoms. The number of nitrogens with one attached hydrogen (secondary N) is 1. The Bertz CT molecular complexity index is 386. The Morgan fingerprint density at radius 3 is 2.88 bits per heavy atom. The molecule has 1 aromatic carbocycles. The van der Waals surface area contributed by atoms with Crippen molar-refractivity contribution in [3.63, 3.8) is 0 Å². The highest BCUT2D eigenvalue weighted by Crippen LogP contribution is 2.40. The van der Waals surface area contributed by atoms with Gasteiger partial charge in [-0.05, 0) is 43.5 Å². The molecule has 0 spiro atoms. The fourth-order valence-electron chi connectivity index (χ4n) is 2.25. The van der Waals surface area contributed by atoms with Crippen LogP contribution in [-0.2, 0) is 0 Å². The van der Waals surface area contributed by atoms with E-state index in [-0.39, 0.29) is 5.75 Å². The Morgan fingerprint density at radius 1 is 1.47 bits per heavy atom. The molecule has 1 unspecified atom stereocenters. The number of hydrogen-bond donors (Lipinski definition) is 2. The van der Waals surface area contributed by atoms with Gasteiger partial charge in [0.25, 0.3) is 0 Å². The molecule has 1 atom stereocenters. The first-order valence-electron chi connectivity index (χ1n) is 6.00. The van der Waals surface area contributed by atoms with E-state index in [0.29, 0.717) is 24.0 Å². The van der Waals surface area contributed by atoms with Crippen LogP contribution in [0.2, 0.25) is 0 Å². The fourth-order valence-corrected chi connectivity index (χ4v) is 2.25. The molecule has 1 saturated heterocycles. The molecular formula is C13H19NO3. The van der Waals surface area contributed by atoms with Crippen LogP contribution in [0.15, 0.2) is 12.1 Å². The average Bonchev–Trinajstić information content (AvgIpc) is 2.82. The van der Waals surface area contributed by atoms with Crippen LogP contribution in [-0.4, -0.2) is 31.9 Å². The zero-order valence-electron chi connectivity index (χ0n) is 10.3. The van der Waals surface area contributed by atoms with Crippen LogP contribution in [0.4, 0.5) is 0 Å². The van der Waals surface area contributed by atoms with E-state index in [4.69, 9.17) is 9.47 Å². The fraction of sp³-hybridized carbons (Fsp3) is 0.538. The van der Waals surface area contributed by atoms with Crippen molar-refractivity contribution in [3.8, 4) is 17.2 Å².